The van der Waals surface area contributed by atoms with Crippen LogP contribution in [0.5, 0.6) is 11.5 Å². The SMILES string of the molecule is Cc1cc(CCCC(=O)NC(C)(C)C(=O)N2CCN(CCO)CC2)ccc1Cc1c(C)cc(O)cc1O[C@@H]1O[C@H](CO)[C@@H](O)[C@H](O)[C@H]1O. The highest BCUT2D eigenvalue weighted by atomic mass is 16.7. The molecule has 0 aromatic heterocycles. The lowest BCUT2D eigenvalue weighted by Gasteiger charge is -2.39. The van der Waals surface area contributed by atoms with Crippen molar-refractivity contribution in [1.29, 1.82) is 0 Å². The van der Waals surface area contributed by atoms with Crippen LogP contribution in [-0.4, -0.2) is 134 Å². The zero-order chi connectivity index (χ0) is 35.2. The van der Waals surface area contributed by atoms with E-state index < -0.39 is 42.9 Å². The van der Waals surface area contributed by atoms with Crippen LogP contribution in [0.2, 0.25) is 0 Å². The van der Waals surface area contributed by atoms with Crippen LogP contribution in [0.25, 0.3) is 0 Å². The molecule has 2 aliphatic heterocycles. The van der Waals surface area contributed by atoms with Crippen molar-refractivity contribution in [3.05, 3.63) is 58.1 Å². The summed E-state index contributed by atoms with van der Waals surface area (Å²) in [4.78, 5) is 29.8. The first-order valence-electron chi connectivity index (χ1n) is 16.6. The minimum absolute atomic E-state index is 0.0585. The van der Waals surface area contributed by atoms with Gasteiger partial charge in [0.1, 0.15) is 41.5 Å². The molecule has 266 valence electrons. The van der Waals surface area contributed by atoms with Crippen molar-refractivity contribution in [3.63, 3.8) is 0 Å². The highest BCUT2D eigenvalue weighted by Crippen LogP contribution is 2.34. The number of benzene rings is 2. The van der Waals surface area contributed by atoms with E-state index in [0.29, 0.717) is 52.0 Å². The van der Waals surface area contributed by atoms with E-state index in [2.05, 4.69) is 16.3 Å². The van der Waals surface area contributed by atoms with Crippen LogP contribution >= 0.6 is 0 Å². The van der Waals surface area contributed by atoms with Gasteiger partial charge in [0, 0.05) is 57.2 Å². The molecular weight excluding hydrogens is 622 g/mol. The zero-order valence-corrected chi connectivity index (χ0v) is 28.3. The van der Waals surface area contributed by atoms with Crippen molar-refractivity contribution in [2.45, 2.75) is 89.6 Å². The average Bonchev–Trinajstić information content (AvgIpc) is 3.03. The molecular formula is C35H51N3O10. The Balaban J connectivity index is 1.33. The summed E-state index contributed by atoms with van der Waals surface area (Å²) in [5.41, 5.74) is 3.48. The first-order chi connectivity index (χ1) is 22.7. The van der Waals surface area contributed by atoms with E-state index in [9.17, 15) is 35.1 Å². The lowest BCUT2D eigenvalue weighted by Crippen LogP contribution is -2.60. The van der Waals surface area contributed by atoms with Gasteiger partial charge in [0.15, 0.2) is 0 Å². The summed E-state index contributed by atoms with van der Waals surface area (Å²) < 4.78 is 11.5. The molecule has 5 atom stereocenters. The quantitative estimate of drug-likeness (QED) is 0.153. The smallest absolute Gasteiger partial charge is 0.247 e. The van der Waals surface area contributed by atoms with Crippen LogP contribution in [0.3, 0.4) is 0 Å². The minimum atomic E-state index is -1.60. The molecule has 4 rings (SSSR count). The maximum Gasteiger partial charge on any atom is 0.247 e. The topological polar surface area (TPSA) is 192 Å². The minimum Gasteiger partial charge on any atom is -0.508 e. The van der Waals surface area contributed by atoms with Crippen molar-refractivity contribution in [2.75, 3.05) is 45.9 Å². The maximum absolute atomic E-state index is 13.1. The molecule has 13 heteroatoms. The Morgan fingerprint density at radius 1 is 0.979 bits per heavy atom. The van der Waals surface area contributed by atoms with Crippen molar-refractivity contribution in [1.82, 2.24) is 15.1 Å². The van der Waals surface area contributed by atoms with Gasteiger partial charge in [-0.1, -0.05) is 18.2 Å². The van der Waals surface area contributed by atoms with E-state index in [4.69, 9.17) is 14.6 Å². The second-order valence-corrected chi connectivity index (χ2v) is 13.4. The van der Waals surface area contributed by atoms with Crippen molar-refractivity contribution in [3.8, 4) is 11.5 Å². The number of aliphatic hydroxyl groups is 5. The molecule has 2 fully saturated rings. The van der Waals surface area contributed by atoms with Crippen LogP contribution in [0.15, 0.2) is 30.3 Å². The number of amides is 2. The number of aromatic hydroxyl groups is 1. The fourth-order valence-corrected chi connectivity index (χ4v) is 6.32. The number of β-amino-alcohol motifs (C(OH)–C–C–N with tert-alkyl or cyclic N) is 1. The van der Waals surface area contributed by atoms with Crippen LogP contribution in [0, 0.1) is 13.8 Å². The summed E-state index contributed by atoms with van der Waals surface area (Å²) in [6, 6.07) is 9.05. The Morgan fingerprint density at radius 2 is 1.69 bits per heavy atom. The van der Waals surface area contributed by atoms with Gasteiger partial charge in [0.25, 0.3) is 0 Å². The number of piperazine rings is 1. The van der Waals surface area contributed by atoms with Gasteiger partial charge >= 0.3 is 0 Å². The molecule has 2 saturated heterocycles. The summed E-state index contributed by atoms with van der Waals surface area (Å²) in [5, 5.41) is 62.7. The van der Waals surface area contributed by atoms with Gasteiger partial charge in [-0.25, -0.2) is 0 Å². The fraction of sp³-hybridized carbons (Fsp3) is 0.600. The van der Waals surface area contributed by atoms with Gasteiger partial charge in [-0.15, -0.1) is 0 Å². The molecule has 0 spiro atoms. The van der Waals surface area contributed by atoms with Gasteiger partial charge in [0.05, 0.1) is 13.2 Å². The molecule has 0 aliphatic carbocycles. The number of aryl methyl sites for hydroxylation is 3. The lowest BCUT2D eigenvalue weighted by molar-refractivity contribution is -0.277. The van der Waals surface area contributed by atoms with Crippen molar-refractivity contribution >= 4 is 11.8 Å². The summed E-state index contributed by atoms with van der Waals surface area (Å²) in [7, 11) is 0. The number of carbonyl (C=O) groups excluding carboxylic acids is 2. The third-order valence-corrected chi connectivity index (χ3v) is 9.21. The highest BCUT2D eigenvalue weighted by Gasteiger charge is 2.45. The van der Waals surface area contributed by atoms with Gasteiger partial charge in [0.2, 0.25) is 18.1 Å². The molecule has 13 nitrogen and oxygen atoms in total. The molecule has 2 aromatic carbocycles. The first kappa shape index (κ1) is 37.5. The molecule has 2 heterocycles. The number of nitrogens with zero attached hydrogens (tertiary/aromatic N) is 2. The first-order valence-corrected chi connectivity index (χ1v) is 16.6. The summed E-state index contributed by atoms with van der Waals surface area (Å²) in [6.45, 7) is 9.86. The third kappa shape index (κ3) is 9.23. The van der Waals surface area contributed by atoms with Crippen molar-refractivity contribution < 1.29 is 49.7 Å². The van der Waals surface area contributed by atoms with E-state index in [1.165, 1.54) is 6.07 Å². The number of hydrogen-bond acceptors (Lipinski definition) is 11. The Labute approximate surface area is 281 Å². The van der Waals surface area contributed by atoms with Crippen LogP contribution in [0.4, 0.5) is 0 Å². The number of nitrogens with one attached hydrogen (secondary N) is 1. The Hall–Kier alpha value is -3.30. The molecule has 7 N–H and O–H groups in total. The van der Waals surface area contributed by atoms with E-state index in [1.54, 1.807) is 24.8 Å². The second kappa shape index (κ2) is 16.4. The van der Waals surface area contributed by atoms with Crippen LogP contribution in [0.1, 0.15) is 54.5 Å². The molecule has 0 unspecified atom stereocenters. The number of aliphatic hydroxyl groups excluding tert-OH is 5. The molecule has 2 amide bonds. The van der Waals surface area contributed by atoms with Crippen molar-refractivity contribution in [2.24, 2.45) is 0 Å². The zero-order valence-electron chi connectivity index (χ0n) is 28.3. The van der Waals surface area contributed by atoms with Gasteiger partial charge < -0.3 is 50.3 Å². The number of phenolic OH excluding ortho intramolecular Hbond substituents is 1. The van der Waals surface area contributed by atoms with E-state index >= 15 is 0 Å². The summed E-state index contributed by atoms with van der Waals surface area (Å²) >= 11 is 0. The van der Waals surface area contributed by atoms with Crippen LogP contribution < -0.4 is 10.1 Å². The fourth-order valence-electron chi connectivity index (χ4n) is 6.32. The molecule has 2 aliphatic rings. The standard InChI is InChI=1S/C35H51N3O10/c1-21-16-23(6-5-7-29(42)36-35(3,4)34(46)38-12-10-37(11-13-38)14-15-39)8-9-24(21)18-26-22(2)17-25(41)19-27(26)47-33-32(45)31(44)30(43)28(20-40)48-33/h8-9,16-17,19,28,30-33,39-41,43-45H,5-7,10-15,18,20H2,1-4H3,(H,36,42)/t28-,30-,31+,32-,33-/m1/s1. The Bertz CT molecular complexity index is 1410. The lowest BCUT2D eigenvalue weighted by atomic mass is 9.94. The van der Waals surface area contributed by atoms with E-state index in [0.717, 1.165) is 27.8 Å². The number of ether oxygens (including phenoxy) is 2. The van der Waals surface area contributed by atoms with Crippen LogP contribution in [-0.2, 0) is 27.2 Å². The monoisotopic (exact) mass is 673 g/mol. The summed E-state index contributed by atoms with van der Waals surface area (Å²) in [5.74, 6) is -0.125. The maximum atomic E-state index is 13.1. The van der Waals surface area contributed by atoms with Gasteiger partial charge in [-0.2, -0.15) is 0 Å². The van der Waals surface area contributed by atoms with E-state index in [1.807, 2.05) is 26.0 Å². The average molecular weight is 674 g/mol. The largest absolute Gasteiger partial charge is 0.508 e. The number of phenols is 1. The number of hydrogen-bond donors (Lipinski definition) is 7. The second-order valence-electron chi connectivity index (χ2n) is 13.4. The van der Waals surface area contributed by atoms with Gasteiger partial charge in [-0.3, -0.25) is 14.5 Å². The molecule has 0 radical (unpaired) electrons. The highest BCUT2D eigenvalue weighted by molar-refractivity contribution is 5.90. The summed E-state index contributed by atoms with van der Waals surface area (Å²) in [6.07, 6.45) is -5.26. The number of carbonyl (C=O) groups is 2. The molecule has 48 heavy (non-hydrogen) atoms. The van der Waals surface area contributed by atoms with E-state index in [-0.39, 0.29) is 36.3 Å². The molecule has 0 bridgehead atoms. The molecule has 2 aromatic rings. The third-order valence-electron chi connectivity index (χ3n) is 9.21. The molecule has 0 saturated carbocycles. The Kier molecular flexibility index (Phi) is 12.8. The predicted octanol–water partition coefficient (Wildman–Crippen LogP) is 0.133. The number of rotatable bonds is 13. The Morgan fingerprint density at radius 3 is 2.33 bits per heavy atom. The van der Waals surface area contributed by atoms with Gasteiger partial charge in [-0.05, 0) is 68.9 Å². The predicted molar refractivity (Wildman–Crippen MR) is 176 cm³/mol. The normalized spacial score (nSPS) is 23.6.